The predicted octanol–water partition coefficient (Wildman–Crippen LogP) is 5.93. The number of fused-ring (bicyclic) bond motifs is 5. The Morgan fingerprint density at radius 2 is 1.94 bits per heavy atom. The van der Waals surface area contributed by atoms with Crippen LogP contribution in [0.1, 0.15) is 55.0 Å². The average Bonchev–Trinajstić information content (AvgIpc) is 3.35. The van der Waals surface area contributed by atoms with E-state index in [1.807, 2.05) is 24.3 Å². The quantitative estimate of drug-likeness (QED) is 0.290. The first-order valence-electron chi connectivity index (χ1n) is 11.5. The molecular weight excluding hydrogens is 432 g/mol. The van der Waals surface area contributed by atoms with E-state index in [0.717, 1.165) is 46.1 Å². The third-order valence-electron chi connectivity index (χ3n) is 6.88. The SMILES string of the molecule is Nc1nnc(C2=Cc3ccccc3-c3c(C4CCCCC4)c4ccc(OC(=O)O)cc4n3C2)o1. The molecule has 2 aromatic heterocycles. The Labute approximate surface area is 195 Å². The number of carbonyl (C=O) groups is 1. The van der Waals surface area contributed by atoms with Crippen LogP contribution in [0.2, 0.25) is 0 Å². The van der Waals surface area contributed by atoms with Crippen molar-refractivity contribution in [2.24, 2.45) is 0 Å². The number of ether oxygens (including phenoxy) is 1. The zero-order chi connectivity index (χ0) is 23.2. The molecule has 8 nitrogen and oxygen atoms in total. The molecule has 1 saturated carbocycles. The summed E-state index contributed by atoms with van der Waals surface area (Å²) in [7, 11) is 0. The fourth-order valence-corrected chi connectivity index (χ4v) is 5.52. The fourth-order valence-electron chi connectivity index (χ4n) is 5.52. The van der Waals surface area contributed by atoms with Crippen LogP contribution in [0.3, 0.4) is 0 Å². The number of nitrogen functional groups attached to an aromatic ring is 1. The van der Waals surface area contributed by atoms with Crippen molar-refractivity contribution in [3.05, 3.63) is 59.5 Å². The van der Waals surface area contributed by atoms with Gasteiger partial charge in [0.05, 0.1) is 17.8 Å². The predicted molar refractivity (Wildman–Crippen MR) is 128 cm³/mol. The van der Waals surface area contributed by atoms with Crippen LogP contribution < -0.4 is 10.5 Å². The summed E-state index contributed by atoms with van der Waals surface area (Å²) in [6, 6.07) is 13.9. The molecule has 0 amide bonds. The van der Waals surface area contributed by atoms with Crippen LogP contribution in [0.15, 0.2) is 46.9 Å². The zero-order valence-electron chi connectivity index (χ0n) is 18.5. The molecule has 8 heteroatoms. The molecule has 0 saturated heterocycles. The molecule has 4 aromatic rings. The molecule has 2 aliphatic rings. The second kappa shape index (κ2) is 8.06. The molecule has 3 heterocycles. The van der Waals surface area contributed by atoms with E-state index in [4.69, 9.17) is 14.9 Å². The second-order valence-corrected chi connectivity index (χ2v) is 8.93. The standard InChI is InChI=1S/C26H24N4O4/c27-25-29-28-24(34-25)17-12-16-8-4-5-9-19(16)23-22(15-6-2-1-3-7-15)20-11-10-18(33-26(31)32)13-21(20)30(23)14-17/h4-5,8-13,15H,1-3,6-7,14H2,(H2,27,29)(H,31,32). The number of anilines is 1. The van der Waals surface area contributed by atoms with Crippen molar-refractivity contribution in [3.8, 4) is 17.0 Å². The number of benzene rings is 2. The van der Waals surface area contributed by atoms with Crippen molar-refractivity contribution >= 4 is 34.7 Å². The van der Waals surface area contributed by atoms with Gasteiger partial charge in [0.1, 0.15) is 5.75 Å². The number of hydrogen-bond donors (Lipinski definition) is 2. The average molecular weight is 457 g/mol. The van der Waals surface area contributed by atoms with E-state index < -0.39 is 6.16 Å². The first kappa shape index (κ1) is 20.5. The largest absolute Gasteiger partial charge is 0.511 e. The first-order valence-corrected chi connectivity index (χ1v) is 11.5. The van der Waals surface area contributed by atoms with E-state index in [2.05, 4.69) is 33.0 Å². The van der Waals surface area contributed by atoms with Gasteiger partial charge in [-0.1, -0.05) is 48.6 Å². The lowest BCUT2D eigenvalue weighted by Crippen LogP contribution is -2.07. The first-order chi connectivity index (χ1) is 16.6. The molecule has 34 heavy (non-hydrogen) atoms. The number of aromatic nitrogens is 3. The van der Waals surface area contributed by atoms with Crippen molar-refractivity contribution in [3.63, 3.8) is 0 Å². The van der Waals surface area contributed by atoms with Crippen molar-refractivity contribution in [1.82, 2.24) is 14.8 Å². The van der Waals surface area contributed by atoms with Crippen molar-refractivity contribution in [1.29, 1.82) is 0 Å². The van der Waals surface area contributed by atoms with Gasteiger partial charge in [0.25, 0.3) is 0 Å². The Kier molecular flexibility index (Phi) is 4.86. The number of rotatable bonds is 3. The summed E-state index contributed by atoms with van der Waals surface area (Å²) in [4.78, 5) is 11.2. The van der Waals surface area contributed by atoms with Crippen LogP contribution in [-0.4, -0.2) is 26.0 Å². The Morgan fingerprint density at radius 1 is 1.12 bits per heavy atom. The van der Waals surface area contributed by atoms with Crippen molar-refractivity contribution in [2.75, 3.05) is 5.73 Å². The highest BCUT2D eigenvalue weighted by Gasteiger charge is 2.30. The third kappa shape index (κ3) is 3.42. The lowest BCUT2D eigenvalue weighted by atomic mass is 9.81. The van der Waals surface area contributed by atoms with E-state index in [1.54, 1.807) is 6.07 Å². The van der Waals surface area contributed by atoms with Gasteiger partial charge in [-0.3, -0.25) is 0 Å². The van der Waals surface area contributed by atoms with E-state index in [-0.39, 0.29) is 6.01 Å². The minimum Gasteiger partial charge on any atom is -0.449 e. The topological polar surface area (TPSA) is 116 Å². The third-order valence-corrected chi connectivity index (χ3v) is 6.88. The molecule has 6 rings (SSSR count). The van der Waals surface area contributed by atoms with Crippen LogP contribution in [0, 0.1) is 0 Å². The van der Waals surface area contributed by atoms with Gasteiger partial charge in [-0.15, -0.1) is 5.10 Å². The maximum atomic E-state index is 11.2. The molecular formula is C26H24N4O4. The number of nitrogens with two attached hydrogens (primary N) is 1. The van der Waals surface area contributed by atoms with Crippen LogP contribution in [-0.2, 0) is 6.54 Å². The molecule has 1 aliphatic carbocycles. The lowest BCUT2D eigenvalue weighted by Gasteiger charge is -2.24. The van der Waals surface area contributed by atoms with Crippen LogP contribution in [0.25, 0.3) is 33.8 Å². The van der Waals surface area contributed by atoms with Gasteiger partial charge in [-0.25, -0.2) is 4.79 Å². The summed E-state index contributed by atoms with van der Waals surface area (Å²) in [6.45, 7) is 0.478. The molecule has 0 spiro atoms. The zero-order valence-corrected chi connectivity index (χ0v) is 18.5. The Morgan fingerprint density at radius 3 is 2.71 bits per heavy atom. The monoisotopic (exact) mass is 456 g/mol. The summed E-state index contributed by atoms with van der Waals surface area (Å²) >= 11 is 0. The fraction of sp³-hybridized carbons (Fsp3) is 0.269. The van der Waals surface area contributed by atoms with Crippen LogP contribution in [0.4, 0.5) is 10.8 Å². The molecule has 0 unspecified atom stereocenters. The summed E-state index contributed by atoms with van der Waals surface area (Å²) in [5.74, 6) is 1.10. The summed E-state index contributed by atoms with van der Waals surface area (Å²) < 4.78 is 12.8. The van der Waals surface area contributed by atoms with Gasteiger partial charge in [0.2, 0.25) is 5.89 Å². The molecule has 1 aliphatic heterocycles. The van der Waals surface area contributed by atoms with Gasteiger partial charge < -0.3 is 24.6 Å². The van der Waals surface area contributed by atoms with Gasteiger partial charge in [0, 0.05) is 22.6 Å². The maximum Gasteiger partial charge on any atom is 0.511 e. The van der Waals surface area contributed by atoms with E-state index in [0.29, 0.717) is 24.1 Å². The van der Waals surface area contributed by atoms with E-state index in [1.165, 1.54) is 24.8 Å². The summed E-state index contributed by atoms with van der Waals surface area (Å²) in [5.41, 5.74) is 12.2. The van der Waals surface area contributed by atoms with Gasteiger partial charge in [-0.2, -0.15) is 0 Å². The Balaban J connectivity index is 1.64. The normalized spacial score (nSPS) is 15.9. The lowest BCUT2D eigenvalue weighted by molar-refractivity contribution is 0.144. The summed E-state index contributed by atoms with van der Waals surface area (Å²) in [5, 5.41) is 18.3. The van der Waals surface area contributed by atoms with Crippen molar-refractivity contribution < 1.29 is 19.1 Å². The number of carboxylic acid groups (broad SMARTS) is 1. The molecule has 0 atom stereocenters. The van der Waals surface area contributed by atoms with Crippen molar-refractivity contribution in [2.45, 2.75) is 44.6 Å². The highest BCUT2D eigenvalue weighted by atomic mass is 16.7. The van der Waals surface area contributed by atoms with Gasteiger partial charge in [0.15, 0.2) is 0 Å². The van der Waals surface area contributed by atoms with Crippen LogP contribution >= 0.6 is 0 Å². The highest BCUT2D eigenvalue weighted by Crippen LogP contribution is 2.47. The number of allylic oxidation sites excluding steroid dienone is 1. The minimum atomic E-state index is -1.33. The molecule has 2 aromatic carbocycles. The highest BCUT2D eigenvalue weighted by molar-refractivity contribution is 5.98. The molecule has 3 N–H and O–H groups in total. The molecule has 0 bridgehead atoms. The number of nitrogens with zero attached hydrogens (tertiary/aromatic N) is 3. The van der Waals surface area contributed by atoms with E-state index >= 15 is 0 Å². The summed E-state index contributed by atoms with van der Waals surface area (Å²) in [6.07, 6.45) is 6.71. The van der Waals surface area contributed by atoms with Gasteiger partial charge in [-0.05, 0) is 48.1 Å². The maximum absolute atomic E-state index is 11.2. The Bertz CT molecular complexity index is 1440. The van der Waals surface area contributed by atoms with Crippen LogP contribution in [0.5, 0.6) is 5.75 Å². The molecule has 1 fully saturated rings. The van der Waals surface area contributed by atoms with E-state index in [9.17, 15) is 9.90 Å². The smallest absolute Gasteiger partial charge is 0.449 e. The Hall–Kier alpha value is -4.07. The number of hydrogen-bond acceptors (Lipinski definition) is 6. The molecule has 172 valence electrons. The van der Waals surface area contributed by atoms with Gasteiger partial charge >= 0.3 is 12.2 Å². The molecule has 0 radical (unpaired) electrons. The second-order valence-electron chi connectivity index (χ2n) is 8.93. The minimum absolute atomic E-state index is 0.0195.